The molecule has 1 aliphatic carbocycles. The van der Waals surface area contributed by atoms with Gasteiger partial charge in [0.1, 0.15) is 0 Å². The van der Waals surface area contributed by atoms with Gasteiger partial charge in [0.05, 0.1) is 6.33 Å². The van der Waals surface area contributed by atoms with Crippen molar-refractivity contribution >= 4 is 0 Å². The number of hydrogen-bond donors (Lipinski definition) is 1. The van der Waals surface area contributed by atoms with Crippen molar-refractivity contribution in [3.05, 3.63) is 18.2 Å². The lowest BCUT2D eigenvalue weighted by Gasteiger charge is -2.30. The predicted octanol–water partition coefficient (Wildman–Crippen LogP) is 3.34. The first-order chi connectivity index (χ1) is 6.77. The van der Waals surface area contributed by atoms with Crippen LogP contribution in [0.2, 0.25) is 0 Å². The Kier molecular flexibility index (Phi) is 2.90. The van der Waals surface area contributed by atoms with Gasteiger partial charge in [0, 0.05) is 17.8 Å². The third kappa shape index (κ3) is 1.99. The molecule has 14 heavy (non-hydrogen) atoms. The van der Waals surface area contributed by atoms with E-state index in [4.69, 9.17) is 0 Å². The number of aromatic nitrogens is 2. The number of nitrogens with zero attached hydrogens (tertiary/aromatic N) is 1. The number of H-pyrrole nitrogens is 1. The van der Waals surface area contributed by atoms with Crippen LogP contribution in [0.15, 0.2) is 12.5 Å². The SMILES string of the molecule is CC(C)[C@H]1CC[C@@H](c2cnc[nH]2)CC1. The van der Waals surface area contributed by atoms with Gasteiger partial charge in [0.15, 0.2) is 0 Å². The summed E-state index contributed by atoms with van der Waals surface area (Å²) in [4.78, 5) is 7.34. The van der Waals surface area contributed by atoms with Gasteiger partial charge in [0.2, 0.25) is 0 Å². The quantitative estimate of drug-likeness (QED) is 0.765. The summed E-state index contributed by atoms with van der Waals surface area (Å²) in [6.45, 7) is 4.70. The predicted molar refractivity (Wildman–Crippen MR) is 58.1 cm³/mol. The Bertz CT molecular complexity index is 256. The van der Waals surface area contributed by atoms with Crippen LogP contribution in [-0.2, 0) is 0 Å². The van der Waals surface area contributed by atoms with E-state index in [0.29, 0.717) is 0 Å². The van der Waals surface area contributed by atoms with Crippen LogP contribution in [-0.4, -0.2) is 9.97 Å². The first-order valence-corrected chi connectivity index (χ1v) is 5.75. The molecule has 0 unspecified atom stereocenters. The Morgan fingerprint density at radius 1 is 1.29 bits per heavy atom. The Morgan fingerprint density at radius 2 is 2.00 bits per heavy atom. The van der Waals surface area contributed by atoms with E-state index in [0.717, 1.165) is 17.8 Å². The zero-order chi connectivity index (χ0) is 9.97. The number of hydrogen-bond acceptors (Lipinski definition) is 1. The van der Waals surface area contributed by atoms with Gasteiger partial charge in [-0.3, -0.25) is 0 Å². The second-order valence-electron chi connectivity index (χ2n) is 4.86. The maximum Gasteiger partial charge on any atom is 0.0921 e. The maximum atomic E-state index is 4.10. The van der Waals surface area contributed by atoms with Crippen molar-refractivity contribution in [3.8, 4) is 0 Å². The second-order valence-corrected chi connectivity index (χ2v) is 4.86. The molecule has 1 aromatic heterocycles. The summed E-state index contributed by atoms with van der Waals surface area (Å²) in [5.74, 6) is 2.55. The summed E-state index contributed by atoms with van der Waals surface area (Å²) in [7, 11) is 0. The third-order valence-corrected chi connectivity index (χ3v) is 3.67. The lowest BCUT2D eigenvalue weighted by molar-refractivity contribution is 0.257. The normalized spacial score (nSPS) is 28.2. The molecule has 78 valence electrons. The summed E-state index contributed by atoms with van der Waals surface area (Å²) < 4.78 is 0. The van der Waals surface area contributed by atoms with Crippen LogP contribution in [0.25, 0.3) is 0 Å². The fraction of sp³-hybridized carbons (Fsp3) is 0.750. The number of nitrogens with one attached hydrogen (secondary N) is 1. The number of rotatable bonds is 2. The number of imidazole rings is 1. The Labute approximate surface area is 86.1 Å². The largest absolute Gasteiger partial charge is 0.348 e. The average molecular weight is 192 g/mol. The Balaban J connectivity index is 1.90. The average Bonchev–Trinajstić information content (AvgIpc) is 2.71. The van der Waals surface area contributed by atoms with Crippen LogP contribution in [0, 0.1) is 11.8 Å². The molecule has 0 aromatic carbocycles. The molecule has 0 spiro atoms. The van der Waals surface area contributed by atoms with Crippen LogP contribution >= 0.6 is 0 Å². The van der Waals surface area contributed by atoms with Crippen molar-refractivity contribution in [2.75, 3.05) is 0 Å². The zero-order valence-electron chi connectivity index (χ0n) is 9.16. The summed E-state index contributed by atoms with van der Waals surface area (Å²) in [6.07, 6.45) is 9.24. The fourth-order valence-electron chi connectivity index (χ4n) is 2.59. The second kappa shape index (κ2) is 4.16. The maximum absolute atomic E-state index is 4.10. The molecule has 1 fully saturated rings. The van der Waals surface area contributed by atoms with Crippen LogP contribution in [0.3, 0.4) is 0 Å². The smallest absolute Gasteiger partial charge is 0.0921 e. The summed E-state index contributed by atoms with van der Waals surface area (Å²) in [6, 6.07) is 0. The van der Waals surface area contributed by atoms with Gasteiger partial charge in [-0.15, -0.1) is 0 Å². The van der Waals surface area contributed by atoms with Crippen molar-refractivity contribution in [1.29, 1.82) is 0 Å². The Morgan fingerprint density at radius 3 is 2.50 bits per heavy atom. The van der Waals surface area contributed by atoms with E-state index in [1.165, 1.54) is 31.4 Å². The standard InChI is InChI=1S/C12H20N2/c1-9(2)10-3-5-11(6-4-10)12-7-13-8-14-12/h7-11H,3-6H2,1-2H3,(H,13,14)/t10-,11+. The van der Waals surface area contributed by atoms with Crippen molar-refractivity contribution in [1.82, 2.24) is 9.97 Å². The van der Waals surface area contributed by atoms with Gasteiger partial charge in [0.25, 0.3) is 0 Å². The van der Waals surface area contributed by atoms with Crippen LogP contribution in [0.1, 0.15) is 51.1 Å². The molecule has 2 heteroatoms. The molecule has 1 aromatic rings. The first kappa shape index (κ1) is 9.75. The molecule has 1 N–H and O–H groups in total. The minimum atomic E-state index is 0.743. The van der Waals surface area contributed by atoms with Crippen molar-refractivity contribution < 1.29 is 0 Å². The highest BCUT2D eigenvalue weighted by Gasteiger charge is 2.24. The van der Waals surface area contributed by atoms with Crippen LogP contribution < -0.4 is 0 Å². The molecule has 0 atom stereocenters. The molecule has 2 nitrogen and oxygen atoms in total. The highest BCUT2D eigenvalue weighted by atomic mass is 14.9. The highest BCUT2D eigenvalue weighted by molar-refractivity contribution is 5.04. The lowest BCUT2D eigenvalue weighted by atomic mass is 9.76. The molecule has 1 heterocycles. The third-order valence-electron chi connectivity index (χ3n) is 3.67. The highest BCUT2D eigenvalue weighted by Crippen LogP contribution is 2.37. The zero-order valence-corrected chi connectivity index (χ0v) is 9.16. The van der Waals surface area contributed by atoms with E-state index in [-0.39, 0.29) is 0 Å². The lowest BCUT2D eigenvalue weighted by Crippen LogP contribution is -2.17. The molecule has 0 radical (unpaired) electrons. The van der Waals surface area contributed by atoms with Crippen LogP contribution in [0.5, 0.6) is 0 Å². The van der Waals surface area contributed by atoms with E-state index in [9.17, 15) is 0 Å². The molecular weight excluding hydrogens is 172 g/mol. The minimum absolute atomic E-state index is 0.743. The van der Waals surface area contributed by atoms with E-state index in [2.05, 4.69) is 23.8 Å². The van der Waals surface area contributed by atoms with Gasteiger partial charge in [-0.2, -0.15) is 0 Å². The summed E-state index contributed by atoms with van der Waals surface area (Å²) >= 11 is 0. The minimum Gasteiger partial charge on any atom is -0.348 e. The number of aromatic amines is 1. The molecule has 0 aliphatic heterocycles. The van der Waals surface area contributed by atoms with Crippen molar-refractivity contribution in [2.45, 2.75) is 45.4 Å². The first-order valence-electron chi connectivity index (χ1n) is 5.75. The monoisotopic (exact) mass is 192 g/mol. The van der Waals surface area contributed by atoms with Gasteiger partial charge in [-0.1, -0.05) is 13.8 Å². The van der Waals surface area contributed by atoms with E-state index in [1.807, 2.05) is 6.20 Å². The van der Waals surface area contributed by atoms with Gasteiger partial charge in [-0.05, 0) is 37.5 Å². The molecule has 1 saturated carbocycles. The van der Waals surface area contributed by atoms with E-state index in [1.54, 1.807) is 6.33 Å². The van der Waals surface area contributed by atoms with Crippen LogP contribution in [0.4, 0.5) is 0 Å². The summed E-state index contributed by atoms with van der Waals surface area (Å²) in [5, 5.41) is 0. The van der Waals surface area contributed by atoms with E-state index < -0.39 is 0 Å². The molecule has 0 bridgehead atoms. The van der Waals surface area contributed by atoms with Gasteiger partial charge >= 0.3 is 0 Å². The molecule has 0 amide bonds. The van der Waals surface area contributed by atoms with Crippen molar-refractivity contribution in [3.63, 3.8) is 0 Å². The Hall–Kier alpha value is -0.790. The topological polar surface area (TPSA) is 28.7 Å². The fourth-order valence-corrected chi connectivity index (χ4v) is 2.59. The van der Waals surface area contributed by atoms with Crippen molar-refractivity contribution in [2.24, 2.45) is 11.8 Å². The molecule has 0 saturated heterocycles. The summed E-state index contributed by atoms with van der Waals surface area (Å²) in [5.41, 5.74) is 1.34. The van der Waals surface area contributed by atoms with Gasteiger partial charge < -0.3 is 4.98 Å². The molecule has 1 aliphatic rings. The molecule has 2 rings (SSSR count). The van der Waals surface area contributed by atoms with E-state index >= 15 is 0 Å². The molecular formula is C12H20N2. The van der Waals surface area contributed by atoms with Gasteiger partial charge in [-0.25, -0.2) is 4.98 Å².